The molecule has 3 aliphatic heterocycles. The second-order valence-electron chi connectivity index (χ2n) is 12.9. The van der Waals surface area contributed by atoms with E-state index in [4.69, 9.17) is 9.57 Å². The number of aryl methyl sites for hydroxylation is 2. The van der Waals surface area contributed by atoms with Gasteiger partial charge in [-0.05, 0) is 95.4 Å². The smallest absolute Gasteiger partial charge is 0.427 e. The summed E-state index contributed by atoms with van der Waals surface area (Å²) in [5.41, 5.74) is 2.25. The maximum absolute atomic E-state index is 14.3. The first kappa shape index (κ1) is 29.4. The lowest BCUT2D eigenvalue weighted by Crippen LogP contribution is -2.45. The van der Waals surface area contributed by atoms with Gasteiger partial charge >= 0.3 is 6.16 Å². The molecule has 0 saturated carbocycles. The number of amides is 1. The van der Waals surface area contributed by atoms with E-state index in [0.717, 1.165) is 68.9 Å². The lowest BCUT2D eigenvalue weighted by molar-refractivity contribution is -0.158. The molecule has 2 atom stereocenters. The fourth-order valence-electron chi connectivity index (χ4n) is 6.75. The van der Waals surface area contributed by atoms with Crippen molar-refractivity contribution in [1.82, 2.24) is 24.8 Å². The molecule has 0 spiro atoms. The van der Waals surface area contributed by atoms with E-state index >= 15 is 0 Å². The number of fused-ring (bicyclic) bond motifs is 1. The van der Waals surface area contributed by atoms with Crippen LogP contribution in [0.1, 0.15) is 67.3 Å². The fourth-order valence-corrected chi connectivity index (χ4v) is 6.75. The molecule has 10 heteroatoms. The van der Waals surface area contributed by atoms with Gasteiger partial charge in [-0.15, -0.1) is 5.06 Å². The Bertz CT molecular complexity index is 1240. The van der Waals surface area contributed by atoms with Crippen molar-refractivity contribution in [2.45, 2.75) is 64.9 Å². The predicted molar refractivity (Wildman–Crippen MR) is 152 cm³/mol. The fraction of sp³-hybridized carbons (Fsp3) is 0.613. The first-order valence-electron chi connectivity index (χ1n) is 14.6. The van der Waals surface area contributed by atoms with Gasteiger partial charge in [-0.25, -0.2) is 19.2 Å². The summed E-state index contributed by atoms with van der Waals surface area (Å²) in [4.78, 5) is 43.9. The molecule has 2 aromatic rings. The van der Waals surface area contributed by atoms with Crippen molar-refractivity contribution in [2.75, 3.05) is 45.8 Å². The highest BCUT2D eigenvalue weighted by Crippen LogP contribution is 2.40. The van der Waals surface area contributed by atoms with Crippen molar-refractivity contribution >= 4 is 12.1 Å². The van der Waals surface area contributed by atoms with Crippen LogP contribution in [0.4, 0.5) is 9.18 Å². The summed E-state index contributed by atoms with van der Waals surface area (Å²) in [6.07, 6.45) is 3.20. The quantitative estimate of drug-likeness (QED) is 0.471. The Morgan fingerprint density at radius 1 is 1.02 bits per heavy atom. The number of rotatable bonds is 6. The zero-order valence-corrected chi connectivity index (χ0v) is 24.9. The van der Waals surface area contributed by atoms with E-state index < -0.39 is 11.8 Å². The van der Waals surface area contributed by atoms with Gasteiger partial charge < -0.3 is 19.4 Å². The third-order valence-electron chi connectivity index (χ3n) is 8.91. The molecular formula is C31H42FN5O4. The Morgan fingerprint density at radius 3 is 2.24 bits per heavy atom. The van der Waals surface area contributed by atoms with Gasteiger partial charge in [-0.1, -0.05) is 12.1 Å². The molecule has 0 aliphatic carbocycles. The normalized spacial score (nSPS) is 22.9. The van der Waals surface area contributed by atoms with Crippen molar-refractivity contribution in [1.29, 1.82) is 0 Å². The second kappa shape index (κ2) is 11.6. The van der Waals surface area contributed by atoms with Crippen molar-refractivity contribution in [3.63, 3.8) is 0 Å². The van der Waals surface area contributed by atoms with Gasteiger partial charge in [0.1, 0.15) is 17.7 Å². The summed E-state index contributed by atoms with van der Waals surface area (Å²) < 4.78 is 19.6. The standard InChI is InChI=1S/C31H42FN5O4/c1-21-27(22(2)34-20-33-21)28(38)36-18-23-16-35(17-24(23)19-36)12-9-31(25-7-6-8-26(32)15-25)10-13-37(14-11-31)41-29(39)40-30(3,4)5/h6-8,15,20,23-24H,9-14,16-19H2,1-5H3. The lowest BCUT2D eigenvalue weighted by Gasteiger charge is -2.42. The van der Waals surface area contributed by atoms with Crippen molar-refractivity contribution in [3.8, 4) is 0 Å². The summed E-state index contributed by atoms with van der Waals surface area (Å²) in [5, 5.41) is 1.67. The topological polar surface area (TPSA) is 88.1 Å². The van der Waals surface area contributed by atoms with Gasteiger partial charge in [0, 0.05) is 39.3 Å². The molecule has 222 valence electrons. The number of carbonyl (C=O) groups is 2. The van der Waals surface area contributed by atoms with Crippen LogP contribution < -0.4 is 0 Å². The highest BCUT2D eigenvalue weighted by atomic mass is 19.1. The number of hydroxylamine groups is 2. The number of hydrogen-bond acceptors (Lipinski definition) is 8. The SMILES string of the molecule is Cc1ncnc(C)c1C(=O)N1CC2CN(CCC3(c4cccc(F)c4)CCN(OC(=O)OC(C)(C)C)CC3)CC2C1. The van der Waals surface area contributed by atoms with Crippen LogP contribution in [0.5, 0.6) is 0 Å². The third-order valence-corrected chi connectivity index (χ3v) is 8.91. The number of halogens is 1. The first-order chi connectivity index (χ1) is 19.4. The van der Waals surface area contributed by atoms with E-state index in [2.05, 4.69) is 14.9 Å². The average molecular weight is 568 g/mol. The third kappa shape index (κ3) is 6.70. The van der Waals surface area contributed by atoms with Crippen molar-refractivity contribution in [2.24, 2.45) is 11.8 Å². The number of aromatic nitrogens is 2. The largest absolute Gasteiger partial charge is 0.528 e. The molecule has 0 N–H and O–H groups in total. The Hall–Kier alpha value is -3.11. The Kier molecular flexibility index (Phi) is 8.34. The minimum Gasteiger partial charge on any atom is -0.427 e. The summed E-state index contributed by atoms with van der Waals surface area (Å²) in [5.74, 6) is 0.688. The van der Waals surface area contributed by atoms with Crippen LogP contribution in [0.2, 0.25) is 0 Å². The number of carbonyl (C=O) groups excluding carboxylic acids is 2. The van der Waals surface area contributed by atoms with Crippen LogP contribution in [0.25, 0.3) is 0 Å². The van der Waals surface area contributed by atoms with Crippen LogP contribution in [0.15, 0.2) is 30.6 Å². The minimum absolute atomic E-state index is 0.0342. The molecule has 41 heavy (non-hydrogen) atoms. The lowest BCUT2D eigenvalue weighted by atomic mass is 9.70. The molecular weight excluding hydrogens is 525 g/mol. The van der Waals surface area contributed by atoms with Crippen LogP contribution >= 0.6 is 0 Å². The van der Waals surface area contributed by atoms with Crippen LogP contribution in [-0.2, 0) is 15.0 Å². The molecule has 1 aromatic heterocycles. The highest BCUT2D eigenvalue weighted by molar-refractivity contribution is 5.96. The maximum atomic E-state index is 14.3. The van der Waals surface area contributed by atoms with E-state index in [9.17, 15) is 14.0 Å². The van der Waals surface area contributed by atoms with Crippen LogP contribution in [-0.4, -0.2) is 88.3 Å². The monoisotopic (exact) mass is 567 g/mol. The summed E-state index contributed by atoms with van der Waals surface area (Å²) in [6, 6.07) is 6.94. The molecule has 5 rings (SSSR count). The minimum atomic E-state index is -0.697. The van der Waals surface area contributed by atoms with Gasteiger partial charge in [0.25, 0.3) is 5.91 Å². The summed E-state index contributed by atoms with van der Waals surface area (Å²) in [6.45, 7) is 14.6. The van der Waals surface area contributed by atoms with Gasteiger partial charge in [-0.3, -0.25) is 4.79 Å². The van der Waals surface area contributed by atoms with Crippen molar-refractivity contribution < 1.29 is 23.6 Å². The van der Waals surface area contributed by atoms with Gasteiger partial charge in [-0.2, -0.15) is 0 Å². The molecule has 2 unspecified atom stereocenters. The molecule has 3 saturated heterocycles. The zero-order chi connectivity index (χ0) is 29.4. The number of likely N-dealkylation sites (tertiary alicyclic amines) is 2. The maximum Gasteiger partial charge on any atom is 0.528 e. The Balaban J connectivity index is 1.19. The van der Waals surface area contributed by atoms with Gasteiger partial charge in [0.15, 0.2) is 0 Å². The van der Waals surface area contributed by atoms with Gasteiger partial charge in [0.2, 0.25) is 0 Å². The number of nitrogens with zero attached hydrogens (tertiary/aromatic N) is 5. The highest BCUT2D eigenvalue weighted by Gasteiger charge is 2.44. The Labute approximate surface area is 242 Å². The van der Waals surface area contributed by atoms with E-state index in [-0.39, 0.29) is 17.1 Å². The zero-order valence-electron chi connectivity index (χ0n) is 24.9. The predicted octanol–water partition coefficient (Wildman–Crippen LogP) is 4.53. The first-order valence-corrected chi connectivity index (χ1v) is 14.6. The van der Waals surface area contributed by atoms with Crippen LogP contribution in [0.3, 0.4) is 0 Å². The molecule has 0 bridgehead atoms. The molecule has 3 aliphatic rings. The number of ether oxygens (including phenoxy) is 1. The van der Waals surface area contributed by atoms with E-state index in [1.165, 1.54) is 12.4 Å². The van der Waals surface area contributed by atoms with Crippen LogP contribution in [0, 0.1) is 31.5 Å². The molecule has 1 amide bonds. The van der Waals surface area contributed by atoms with Gasteiger partial charge in [0.05, 0.1) is 17.0 Å². The molecule has 4 heterocycles. The number of benzene rings is 1. The Morgan fingerprint density at radius 2 is 1.66 bits per heavy atom. The molecule has 9 nitrogen and oxygen atoms in total. The molecule has 3 fully saturated rings. The van der Waals surface area contributed by atoms with E-state index in [1.54, 1.807) is 38.0 Å². The number of hydrogen-bond donors (Lipinski definition) is 0. The van der Waals surface area contributed by atoms with E-state index in [0.29, 0.717) is 30.5 Å². The van der Waals surface area contributed by atoms with Crippen molar-refractivity contribution in [3.05, 3.63) is 58.9 Å². The molecule has 1 aromatic carbocycles. The second-order valence-corrected chi connectivity index (χ2v) is 12.9. The summed E-state index contributed by atoms with van der Waals surface area (Å²) >= 11 is 0. The summed E-state index contributed by atoms with van der Waals surface area (Å²) in [7, 11) is 0. The number of piperidine rings is 1. The van der Waals surface area contributed by atoms with E-state index in [1.807, 2.05) is 24.8 Å². The average Bonchev–Trinajstić information content (AvgIpc) is 3.46. The molecule has 0 radical (unpaired) electrons.